The Labute approximate surface area is 157 Å². The van der Waals surface area contributed by atoms with Gasteiger partial charge in [-0.2, -0.15) is 0 Å². The van der Waals surface area contributed by atoms with Crippen molar-refractivity contribution in [2.24, 2.45) is 0 Å². The maximum absolute atomic E-state index is 12.2. The summed E-state index contributed by atoms with van der Waals surface area (Å²) in [5.41, 5.74) is 3.31. The van der Waals surface area contributed by atoms with Crippen molar-refractivity contribution in [3.05, 3.63) is 53.6 Å². The molecule has 2 aromatic rings. The van der Waals surface area contributed by atoms with Gasteiger partial charge in [-0.3, -0.25) is 19.3 Å². The van der Waals surface area contributed by atoms with Crippen molar-refractivity contribution in [1.82, 2.24) is 5.32 Å². The average molecular weight is 367 g/mol. The molecule has 0 spiro atoms. The molecule has 27 heavy (non-hydrogen) atoms. The van der Waals surface area contributed by atoms with Gasteiger partial charge in [-0.1, -0.05) is 24.3 Å². The molecule has 0 atom stereocenters. The fourth-order valence-corrected chi connectivity index (χ4v) is 2.79. The van der Waals surface area contributed by atoms with Gasteiger partial charge in [0.15, 0.2) is 6.61 Å². The SMILES string of the molecule is Cc1cccc(NC(=O)CNC(=O)CN2C(=O)COc3ccccc32)c1C. The van der Waals surface area contributed by atoms with Crippen LogP contribution in [0.5, 0.6) is 5.75 Å². The number of para-hydroxylation sites is 2. The van der Waals surface area contributed by atoms with E-state index in [0.29, 0.717) is 17.1 Å². The minimum absolute atomic E-state index is 0.114. The first-order valence-corrected chi connectivity index (χ1v) is 8.60. The summed E-state index contributed by atoms with van der Waals surface area (Å²) in [6.07, 6.45) is 0. The Hall–Kier alpha value is -3.35. The monoisotopic (exact) mass is 367 g/mol. The molecule has 7 nitrogen and oxygen atoms in total. The lowest BCUT2D eigenvalue weighted by Gasteiger charge is -2.28. The van der Waals surface area contributed by atoms with Crippen LogP contribution < -0.4 is 20.3 Å². The lowest BCUT2D eigenvalue weighted by Crippen LogP contribution is -2.46. The quantitative estimate of drug-likeness (QED) is 0.843. The van der Waals surface area contributed by atoms with Crippen LogP contribution in [0.25, 0.3) is 0 Å². The summed E-state index contributed by atoms with van der Waals surface area (Å²) in [4.78, 5) is 37.8. The molecule has 0 saturated carbocycles. The van der Waals surface area contributed by atoms with E-state index in [4.69, 9.17) is 4.74 Å². The normalized spacial score (nSPS) is 12.8. The van der Waals surface area contributed by atoms with Gasteiger partial charge in [0.1, 0.15) is 12.3 Å². The zero-order chi connectivity index (χ0) is 19.4. The molecule has 0 radical (unpaired) electrons. The lowest BCUT2D eigenvalue weighted by molar-refractivity contribution is -0.126. The van der Waals surface area contributed by atoms with Gasteiger partial charge in [0.25, 0.3) is 5.91 Å². The summed E-state index contributed by atoms with van der Waals surface area (Å²) >= 11 is 0. The largest absolute Gasteiger partial charge is 0.482 e. The van der Waals surface area contributed by atoms with E-state index in [1.807, 2.05) is 32.0 Å². The van der Waals surface area contributed by atoms with Gasteiger partial charge in [0, 0.05) is 5.69 Å². The van der Waals surface area contributed by atoms with Crippen LogP contribution in [0.15, 0.2) is 42.5 Å². The molecule has 2 aromatic carbocycles. The molecule has 0 aliphatic carbocycles. The van der Waals surface area contributed by atoms with Gasteiger partial charge in [0.2, 0.25) is 11.8 Å². The summed E-state index contributed by atoms with van der Waals surface area (Å²) in [5, 5.41) is 5.33. The zero-order valence-electron chi connectivity index (χ0n) is 15.2. The highest BCUT2D eigenvalue weighted by Gasteiger charge is 2.26. The van der Waals surface area contributed by atoms with Gasteiger partial charge in [-0.05, 0) is 43.2 Å². The van der Waals surface area contributed by atoms with E-state index in [9.17, 15) is 14.4 Å². The van der Waals surface area contributed by atoms with Gasteiger partial charge in [-0.25, -0.2) is 0 Å². The van der Waals surface area contributed by atoms with Crippen molar-refractivity contribution in [2.75, 3.05) is 29.9 Å². The van der Waals surface area contributed by atoms with Crippen molar-refractivity contribution in [3.63, 3.8) is 0 Å². The molecule has 0 bridgehead atoms. The first-order chi connectivity index (χ1) is 13.0. The Bertz CT molecular complexity index is 895. The topological polar surface area (TPSA) is 87.7 Å². The number of carbonyl (C=O) groups is 3. The molecule has 1 heterocycles. The van der Waals surface area contributed by atoms with Crippen LogP contribution in [-0.2, 0) is 14.4 Å². The summed E-state index contributed by atoms with van der Waals surface area (Å²) in [7, 11) is 0. The minimum atomic E-state index is -0.420. The number of rotatable bonds is 5. The predicted molar refractivity (Wildman–Crippen MR) is 102 cm³/mol. The number of nitrogens with one attached hydrogen (secondary N) is 2. The molecular weight excluding hydrogens is 346 g/mol. The second-order valence-corrected chi connectivity index (χ2v) is 6.31. The minimum Gasteiger partial charge on any atom is -0.482 e. The van der Waals surface area contributed by atoms with Crippen LogP contribution in [0.2, 0.25) is 0 Å². The number of hydrogen-bond acceptors (Lipinski definition) is 4. The van der Waals surface area contributed by atoms with Crippen LogP contribution >= 0.6 is 0 Å². The number of hydrogen-bond donors (Lipinski definition) is 2. The van der Waals surface area contributed by atoms with E-state index in [2.05, 4.69) is 10.6 Å². The maximum Gasteiger partial charge on any atom is 0.265 e. The number of nitrogens with zero attached hydrogens (tertiary/aromatic N) is 1. The van der Waals surface area contributed by atoms with Crippen molar-refractivity contribution < 1.29 is 19.1 Å². The molecule has 3 rings (SSSR count). The molecule has 2 N–H and O–H groups in total. The van der Waals surface area contributed by atoms with Crippen LogP contribution in [0.1, 0.15) is 11.1 Å². The molecular formula is C20H21N3O4. The number of anilines is 2. The highest BCUT2D eigenvalue weighted by Crippen LogP contribution is 2.31. The highest BCUT2D eigenvalue weighted by molar-refractivity contribution is 6.03. The molecule has 0 unspecified atom stereocenters. The summed E-state index contributed by atoms with van der Waals surface area (Å²) in [6.45, 7) is 3.43. The first-order valence-electron chi connectivity index (χ1n) is 8.60. The Balaban J connectivity index is 1.56. The van der Waals surface area contributed by atoms with Crippen molar-refractivity contribution in [3.8, 4) is 5.75 Å². The lowest BCUT2D eigenvalue weighted by atomic mass is 10.1. The molecule has 0 aromatic heterocycles. The smallest absolute Gasteiger partial charge is 0.265 e. The Morgan fingerprint density at radius 2 is 1.85 bits per heavy atom. The van der Waals surface area contributed by atoms with Crippen LogP contribution in [0.3, 0.4) is 0 Å². The van der Waals surface area contributed by atoms with Crippen LogP contribution in [0.4, 0.5) is 11.4 Å². The summed E-state index contributed by atoms with van der Waals surface area (Å²) in [6, 6.07) is 12.7. The number of aryl methyl sites for hydroxylation is 1. The number of carbonyl (C=O) groups excluding carboxylic acids is 3. The number of amides is 3. The molecule has 0 fully saturated rings. The predicted octanol–water partition coefficient (Wildman–Crippen LogP) is 1.78. The van der Waals surface area contributed by atoms with Gasteiger partial charge >= 0.3 is 0 Å². The first kappa shape index (κ1) is 18.4. The number of benzene rings is 2. The second kappa shape index (κ2) is 7.90. The van der Waals surface area contributed by atoms with E-state index in [1.165, 1.54) is 4.90 Å². The van der Waals surface area contributed by atoms with Crippen molar-refractivity contribution in [1.29, 1.82) is 0 Å². The average Bonchev–Trinajstić information content (AvgIpc) is 2.66. The second-order valence-electron chi connectivity index (χ2n) is 6.31. The van der Waals surface area contributed by atoms with Crippen LogP contribution in [-0.4, -0.2) is 37.4 Å². The van der Waals surface area contributed by atoms with E-state index < -0.39 is 5.91 Å². The van der Waals surface area contributed by atoms with Gasteiger partial charge in [0.05, 0.1) is 12.2 Å². The Kier molecular flexibility index (Phi) is 5.40. The number of fused-ring (bicyclic) bond motifs is 1. The third-order valence-corrected chi connectivity index (χ3v) is 4.43. The highest BCUT2D eigenvalue weighted by atomic mass is 16.5. The molecule has 1 aliphatic heterocycles. The molecule has 140 valence electrons. The zero-order valence-corrected chi connectivity index (χ0v) is 15.2. The van der Waals surface area contributed by atoms with Gasteiger partial charge < -0.3 is 15.4 Å². The summed E-state index contributed by atoms with van der Waals surface area (Å²) in [5.74, 6) is -0.497. The summed E-state index contributed by atoms with van der Waals surface area (Å²) < 4.78 is 5.35. The molecule has 7 heteroatoms. The number of ether oxygens (including phenoxy) is 1. The van der Waals surface area contributed by atoms with E-state index in [0.717, 1.165) is 11.1 Å². The van der Waals surface area contributed by atoms with E-state index >= 15 is 0 Å². The standard InChI is InChI=1S/C20H21N3O4/c1-13-6-5-7-15(14(13)2)22-18(24)10-21-19(25)11-23-16-8-3-4-9-17(16)27-12-20(23)26/h3-9H,10-12H2,1-2H3,(H,21,25)(H,22,24). The third-order valence-electron chi connectivity index (χ3n) is 4.43. The molecule has 3 amide bonds. The fourth-order valence-electron chi connectivity index (χ4n) is 2.79. The molecule has 0 saturated heterocycles. The van der Waals surface area contributed by atoms with Gasteiger partial charge in [-0.15, -0.1) is 0 Å². The molecule has 1 aliphatic rings. The van der Waals surface area contributed by atoms with Crippen LogP contribution in [0, 0.1) is 13.8 Å². The third kappa shape index (κ3) is 4.25. The Morgan fingerprint density at radius 1 is 1.07 bits per heavy atom. The maximum atomic E-state index is 12.2. The van der Waals surface area contributed by atoms with Crippen molar-refractivity contribution in [2.45, 2.75) is 13.8 Å². The fraction of sp³-hybridized carbons (Fsp3) is 0.250. The van der Waals surface area contributed by atoms with E-state index in [-0.39, 0.29) is 31.5 Å². The van der Waals surface area contributed by atoms with E-state index in [1.54, 1.807) is 24.3 Å². The van der Waals surface area contributed by atoms with Crippen molar-refractivity contribution >= 4 is 29.1 Å². The Morgan fingerprint density at radius 3 is 2.67 bits per heavy atom.